The van der Waals surface area contributed by atoms with Gasteiger partial charge in [-0.25, -0.2) is 8.42 Å². The molecule has 2 heterocycles. The van der Waals surface area contributed by atoms with E-state index in [-0.39, 0.29) is 30.4 Å². The zero-order valence-corrected chi connectivity index (χ0v) is 19.0. The minimum Gasteiger partial charge on any atom is -0.340 e. The lowest BCUT2D eigenvalue weighted by atomic mass is 9.96. The van der Waals surface area contributed by atoms with E-state index in [1.807, 2.05) is 0 Å². The van der Waals surface area contributed by atoms with Crippen LogP contribution in [0, 0.1) is 6.92 Å². The molecular weight excluding hydrogens is 442 g/mol. The normalized spacial score (nSPS) is 19.6. The highest BCUT2D eigenvalue weighted by molar-refractivity contribution is 7.89. The number of carbonyl (C=O) groups excluding carboxylic acids is 1. The molecule has 2 aliphatic rings. The molecule has 1 aromatic carbocycles. The van der Waals surface area contributed by atoms with Crippen LogP contribution in [0.3, 0.4) is 0 Å². The number of aromatic nitrogens is 2. The van der Waals surface area contributed by atoms with Gasteiger partial charge in [-0.05, 0) is 37.1 Å². The van der Waals surface area contributed by atoms with Gasteiger partial charge in [-0.15, -0.1) is 0 Å². The van der Waals surface area contributed by atoms with Crippen LogP contribution in [-0.2, 0) is 20.4 Å². The summed E-state index contributed by atoms with van der Waals surface area (Å²) < 4.78 is 32.2. The van der Waals surface area contributed by atoms with Gasteiger partial charge in [0.2, 0.25) is 21.8 Å². The smallest absolute Gasteiger partial charge is 0.243 e. The third kappa shape index (κ3) is 4.62. The van der Waals surface area contributed by atoms with E-state index in [1.54, 1.807) is 24.0 Å². The predicted octanol–water partition coefficient (Wildman–Crippen LogP) is 1.92. The van der Waals surface area contributed by atoms with Crippen molar-refractivity contribution in [2.45, 2.75) is 43.0 Å². The van der Waals surface area contributed by atoms with Gasteiger partial charge >= 0.3 is 0 Å². The maximum Gasteiger partial charge on any atom is 0.243 e. The molecule has 1 N–H and O–H groups in total. The summed E-state index contributed by atoms with van der Waals surface area (Å²) in [6.45, 7) is 3.11. The first-order valence-corrected chi connectivity index (χ1v) is 12.2. The summed E-state index contributed by atoms with van der Waals surface area (Å²) in [4.78, 5) is 19.1. The zero-order valence-electron chi connectivity index (χ0n) is 17.4. The number of hydrogen-bond donors (Lipinski definition) is 1. The van der Waals surface area contributed by atoms with Crippen molar-refractivity contribution < 1.29 is 17.7 Å². The lowest BCUT2D eigenvalue weighted by molar-refractivity contribution is -0.131. The van der Waals surface area contributed by atoms with E-state index >= 15 is 0 Å². The van der Waals surface area contributed by atoms with Gasteiger partial charge in [-0.1, -0.05) is 29.6 Å². The largest absolute Gasteiger partial charge is 0.340 e. The second kappa shape index (κ2) is 8.85. The van der Waals surface area contributed by atoms with Crippen LogP contribution in [0.2, 0.25) is 5.02 Å². The Morgan fingerprint density at radius 2 is 1.81 bits per heavy atom. The Kier molecular flexibility index (Phi) is 6.34. The first-order chi connectivity index (χ1) is 14.8. The molecule has 1 saturated carbocycles. The van der Waals surface area contributed by atoms with E-state index in [9.17, 15) is 13.2 Å². The average molecular weight is 468 g/mol. The van der Waals surface area contributed by atoms with Crippen LogP contribution in [0.1, 0.15) is 37.4 Å². The first-order valence-electron chi connectivity index (χ1n) is 10.4. The zero-order chi connectivity index (χ0) is 22.1. The molecule has 1 aliphatic carbocycles. The molecule has 2 aromatic rings. The van der Waals surface area contributed by atoms with E-state index in [0.717, 1.165) is 25.7 Å². The van der Waals surface area contributed by atoms with E-state index in [0.29, 0.717) is 29.8 Å². The van der Waals surface area contributed by atoms with Gasteiger partial charge in [0.15, 0.2) is 5.82 Å². The number of benzene rings is 1. The Morgan fingerprint density at radius 1 is 1.16 bits per heavy atom. The van der Waals surface area contributed by atoms with Gasteiger partial charge in [0.1, 0.15) is 0 Å². The topological polar surface area (TPSA) is 109 Å². The Bertz CT molecular complexity index is 1030. The second-order valence-electron chi connectivity index (χ2n) is 8.02. The summed E-state index contributed by atoms with van der Waals surface area (Å²) >= 11 is 5.86. The summed E-state index contributed by atoms with van der Waals surface area (Å²) in [7, 11) is -3.60. The van der Waals surface area contributed by atoms with Gasteiger partial charge in [0.05, 0.1) is 17.0 Å². The molecule has 1 aromatic heterocycles. The van der Waals surface area contributed by atoms with Crippen LogP contribution in [0.4, 0.5) is 0 Å². The number of carbonyl (C=O) groups is 1. The number of nitrogens with zero attached hydrogens (tertiary/aromatic N) is 4. The first kappa shape index (κ1) is 22.2. The van der Waals surface area contributed by atoms with Crippen LogP contribution in [-0.4, -0.2) is 66.4 Å². The second-order valence-corrected chi connectivity index (χ2v) is 10.4. The van der Waals surface area contributed by atoms with Crippen LogP contribution in [0.5, 0.6) is 0 Å². The van der Waals surface area contributed by atoms with Crippen molar-refractivity contribution in [1.29, 1.82) is 0 Å². The van der Waals surface area contributed by atoms with E-state index in [1.165, 1.54) is 16.4 Å². The fourth-order valence-electron chi connectivity index (χ4n) is 4.24. The number of piperazine rings is 1. The number of hydrogen-bond acceptors (Lipinski definition) is 7. The SMILES string of the molecule is Cc1nc(C2(NCC(=O)N3CCN(S(=O)(=O)c4ccc(Cl)cc4)CC3)CCCC2)no1. The number of aryl methyl sites for hydroxylation is 1. The maximum absolute atomic E-state index is 12.8. The standard InChI is InChI=1S/C20H26ClN5O4S/c1-15-23-19(24-30-15)20(8-2-3-9-20)22-14-18(27)25-10-12-26(13-11-25)31(28,29)17-6-4-16(21)5-7-17/h4-7,22H,2-3,8-14H2,1H3. The molecular formula is C20H26ClN5O4S. The van der Waals surface area contributed by atoms with Gasteiger partial charge in [0.25, 0.3) is 0 Å². The molecule has 0 atom stereocenters. The molecule has 11 heteroatoms. The van der Waals surface area contributed by atoms with E-state index in [2.05, 4.69) is 15.5 Å². The Morgan fingerprint density at radius 3 is 2.39 bits per heavy atom. The summed E-state index contributed by atoms with van der Waals surface area (Å²) in [5.74, 6) is 1.05. The molecule has 0 spiro atoms. The summed E-state index contributed by atoms with van der Waals surface area (Å²) in [6, 6.07) is 6.12. The molecule has 9 nitrogen and oxygen atoms in total. The van der Waals surface area contributed by atoms with Gasteiger partial charge in [0, 0.05) is 38.1 Å². The molecule has 4 rings (SSSR count). The lowest BCUT2D eigenvalue weighted by Crippen LogP contribution is -2.54. The summed E-state index contributed by atoms with van der Waals surface area (Å²) in [5, 5.41) is 7.93. The van der Waals surface area contributed by atoms with Crippen LogP contribution in [0.15, 0.2) is 33.7 Å². The molecule has 168 valence electrons. The molecule has 1 saturated heterocycles. The Labute approximate surface area is 186 Å². The average Bonchev–Trinajstić information content (AvgIpc) is 3.42. The highest BCUT2D eigenvalue weighted by atomic mass is 35.5. The van der Waals surface area contributed by atoms with Crippen LogP contribution in [0.25, 0.3) is 0 Å². The lowest BCUT2D eigenvalue weighted by Gasteiger charge is -2.35. The Balaban J connectivity index is 1.34. The summed E-state index contributed by atoms with van der Waals surface area (Å²) in [5.41, 5.74) is -0.437. The van der Waals surface area contributed by atoms with Crippen molar-refractivity contribution in [1.82, 2.24) is 24.7 Å². The number of halogens is 1. The van der Waals surface area contributed by atoms with Crippen molar-refractivity contribution in [2.24, 2.45) is 0 Å². The minimum atomic E-state index is -3.60. The van der Waals surface area contributed by atoms with E-state index < -0.39 is 15.6 Å². The molecule has 1 aliphatic heterocycles. The molecule has 0 bridgehead atoms. The third-order valence-electron chi connectivity index (χ3n) is 6.03. The summed E-state index contributed by atoms with van der Waals surface area (Å²) in [6.07, 6.45) is 3.78. The van der Waals surface area contributed by atoms with Crippen LogP contribution < -0.4 is 5.32 Å². The Hall–Kier alpha value is -2.01. The third-order valence-corrected chi connectivity index (χ3v) is 8.20. The number of sulfonamides is 1. The van der Waals surface area contributed by atoms with Crippen molar-refractivity contribution in [3.05, 3.63) is 41.0 Å². The number of amides is 1. The van der Waals surface area contributed by atoms with Crippen molar-refractivity contribution in [3.8, 4) is 0 Å². The molecule has 0 unspecified atom stereocenters. The maximum atomic E-state index is 12.8. The van der Waals surface area contributed by atoms with E-state index in [4.69, 9.17) is 16.1 Å². The predicted molar refractivity (Wildman–Crippen MR) is 114 cm³/mol. The minimum absolute atomic E-state index is 0.0602. The highest BCUT2D eigenvalue weighted by Crippen LogP contribution is 2.37. The molecule has 2 fully saturated rings. The fraction of sp³-hybridized carbons (Fsp3) is 0.550. The number of rotatable bonds is 6. The molecule has 1 amide bonds. The molecule has 31 heavy (non-hydrogen) atoms. The van der Waals surface area contributed by atoms with Gasteiger partial charge in [-0.3, -0.25) is 10.1 Å². The highest BCUT2D eigenvalue weighted by Gasteiger charge is 2.40. The fourth-order valence-corrected chi connectivity index (χ4v) is 5.79. The monoisotopic (exact) mass is 467 g/mol. The van der Waals surface area contributed by atoms with Crippen molar-refractivity contribution in [2.75, 3.05) is 32.7 Å². The van der Waals surface area contributed by atoms with Crippen LogP contribution >= 0.6 is 11.6 Å². The van der Waals surface area contributed by atoms with Crippen molar-refractivity contribution in [3.63, 3.8) is 0 Å². The van der Waals surface area contributed by atoms with Crippen molar-refractivity contribution >= 4 is 27.5 Å². The van der Waals surface area contributed by atoms with Gasteiger partial charge < -0.3 is 9.42 Å². The quantitative estimate of drug-likeness (QED) is 0.691. The molecule has 0 radical (unpaired) electrons. The van der Waals surface area contributed by atoms with Gasteiger partial charge in [-0.2, -0.15) is 9.29 Å². The number of nitrogens with one attached hydrogen (secondary N) is 1.